The maximum absolute atomic E-state index is 2.49. The average molecular weight is 641 g/mol. The van der Waals surface area contributed by atoms with Crippen molar-refractivity contribution >= 4 is 43.6 Å². The van der Waals surface area contributed by atoms with Crippen LogP contribution in [0.5, 0.6) is 0 Å². The van der Waals surface area contributed by atoms with Gasteiger partial charge in [0.1, 0.15) is 0 Å². The molecule has 2 aromatic heterocycles. The minimum Gasteiger partial charge on any atom is -0.309 e. The number of hydrogen-bond donors (Lipinski definition) is 0. The van der Waals surface area contributed by atoms with Crippen molar-refractivity contribution in [2.75, 3.05) is 0 Å². The second-order valence-corrected chi connectivity index (χ2v) is 15.4. The van der Waals surface area contributed by atoms with E-state index in [1.54, 1.807) is 0 Å². The molecule has 0 saturated heterocycles. The molecule has 0 atom stereocenters. The van der Waals surface area contributed by atoms with E-state index in [-0.39, 0.29) is 10.8 Å². The van der Waals surface area contributed by atoms with E-state index in [4.69, 9.17) is 0 Å². The van der Waals surface area contributed by atoms with E-state index in [1.807, 2.05) is 0 Å². The van der Waals surface area contributed by atoms with Crippen LogP contribution in [0.2, 0.25) is 0 Å². The van der Waals surface area contributed by atoms with Crippen molar-refractivity contribution in [2.24, 2.45) is 0 Å². The van der Waals surface area contributed by atoms with Crippen molar-refractivity contribution in [1.29, 1.82) is 0 Å². The van der Waals surface area contributed by atoms with Gasteiger partial charge in [0.05, 0.1) is 22.1 Å². The summed E-state index contributed by atoms with van der Waals surface area (Å²) in [6, 6.07) is 54.6. The second kappa shape index (κ2) is 9.43. The van der Waals surface area contributed by atoms with Crippen LogP contribution in [-0.4, -0.2) is 9.13 Å². The lowest BCUT2D eigenvalue weighted by molar-refractivity contribution is 0.660. The van der Waals surface area contributed by atoms with E-state index < -0.39 is 0 Å². The lowest BCUT2D eigenvalue weighted by Crippen LogP contribution is -2.15. The third-order valence-electron chi connectivity index (χ3n) is 12.1. The van der Waals surface area contributed by atoms with Crippen molar-refractivity contribution in [1.82, 2.24) is 9.13 Å². The molecule has 0 spiro atoms. The van der Waals surface area contributed by atoms with Gasteiger partial charge >= 0.3 is 0 Å². The number of hydrogen-bond acceptors (Lipinski definition) is 0. The molecule has 0 fully saturated rings. The Hall–Kier alpha value is -5.86. The van der Waals surface area contributed by atoms with Gasteiger partial charge in [-0.3, -0.25) is 0 Å². The molecule has 238 valence electrons. The molecule has 0 N–H and O–H groups in total. The van der Waals surface area contributed by atoms with E-state index in [1.165, 1.54) is 99.5 Å². The summed E-state index contributed by atoms with van der Waals surface area (Å²) in [6.45, 7) is 9.46. The number of benzene rings is 7. The molecule has 2 heteroatoms. The third-order valence-corrected chi connectivity index (χ3v) is 12.1. The highest BCUT2D eigenvalue weighted by atomic mass is 15.0. The highest BCUT2D eigenvalue weighted by Crippen LogP contribution is 2.51. The summed E-state index contributed by atoms with van der Waals surface area (Å²) < 4.78 is 4.98. The zero-order valence-electron chi connectivity index (χ0n) is 28.8. The molecule has 9 aromatic rings. The second-order valence-electron chi connectivity index (χ2n) is 15.4. The normalized spacial score (nSPS) is 15.1. The Labute approximate surface area is 291 Å². The van der Waals surface area contributed by atoms with Gasteiger partial charge in [0.15, 0.2) is 0 Å². The largest absolute Gasteiger partial charge is 0.309 e. The van der Waals surface area contributed by atoms with E-state index in [9.17, 15) is 0 Å². The zero-order chi connectivity index (χ0) is 33.5. The first-order valence-electron chi connectivity index (χ1n) is 17.8. The summed E-state index contributed by atoms with van der Waals surface area (Å²) in [4.78, 5) is 0. The summed E-state index contributed by atoms with van der Waals surface area (Å²) in [5, 5.41) is 5.18. The Morgan fingerprint density at radius 3 is 1.18 bits per heavy atom. The van der Waals surface area contributed by atoms with Crippen molar-refractivity contribution in [2.45, 2.75) is 38.5 Å². The van der Waals surface area contributed by atoms with Gasteiger partial charge in [-0.05, 0) is 93.0 Å². The molecule has 0 radical (unpaired) electrons. The number of para-hydroxylation sites is 2. The number of rotatable bonds is 2. The molecule has 7 aromatic carbocycles. The summed E-state index contributed by atoms with van der Waals surface area (Å²) >= 11 is 0. The first-order valence-corrected chi connectivity index (χ1v) is 17.8. The Kier molecular flexibility index (Phi) is 5.28. The van der Waals surface area contributed by atoms with Crippen LogP contribution in [0.1, 0.15) is 49.9 Å². The third kappa shape index (κ3) is 3.39. The van der Waals surface area contributed by atoms with Gasteiger partial charge in [-0.25, -0.2) is 0 Å². The highest BCUT2D eigenvalue weighted by Gasteiger charge is 2.37. The molecule has 2 aliphatic carbocycles. The molecule has 2 aliphatic rings. The van der Waals surface area contributed by atoms with E-state index in [0.717, 1.165) is 0 Å². The van der Waals surface area contributed by atoms with E-state index in [0.29, 0.717) is 0 Å². The maximum atomic E-state index is 2.49. The van der Waals surface area contributed by atoms with Gasteiger partial charge < -0.3 is 9.13 Å². The highest BCUT2D eigenvalue weighted by molar-refractivity contribution is 6.29. The molecular formula is C48H36N2. The monoisotopic (exact) mass is 640 g/mol. The fourth-order valence-corrected chi connectivity index (χ4v) is 9.74. The fourth-order valence-electron chi connectivity index (χ4n) is 9.74. The van der Waals surface area contributed by atoms with Gasteiger partial charge in [-0.1, -0.05) is 125 Å². The Morgan fingerprint density at radius 1 is 0.340 bits per heavy atom. The van der Waals surface area contributed by atoms with Crippen LogP contribution in [-0.2, 0) is 10.8 Å². The topological polar surface area (TPSA) is 9.86 Å². The van der Waals surface area contributed by atoms with Crippen molar-refractivity contribution in [3.63, 3.8) is 0 Å². The van der Waals surface area contributed by atoms with Gasteiger partial charge in [0.25, 0.3) is 0 Å². The molecule has 0 aliphatic heterocycles. The first-order chi connectivity index (χ1) is 24.3. The molecule has 2 heterocycles. The van der Waals surface area contributed by atoms with Crippen molar-refractivity contribution < 1.29 is 0 Å². The molecule has 0 unspecified atom stereocenters. The summed E-state index contributed by atoms with van der Waals surface area (Å²) in [7, 11) is 0. The van der Waals surface area contributed by atoms with Gasteiger partial charge in [0, 0.05) is 43.7 Å². The van der Waals surface area contributed by atoms with Crippen molar-refractivity contribution in [3.8, 4) is 33.6 Å². The molecule has 2 nitrogen and oxygen atoms in total. The zero-order valence-corrected chi connectivity index (χ0v) is 28.8. The minimum atomic E-state index is -0.0623. The Bertz CT molecular complexity index is 2730. The molecule has 0 amide bonds. The molecule has 0 bridgehead atoms. The van der Waals surface area contributed by atoms with Gasteiger partial charge in [0.2, 0.25) is 0 Å². The van der Waals surface area contributed by atoms with Gasteiger partial charge in [-0.2, -0.15) is 0 Å². The van der Waals surface area contributed by atoms with Crippen LogP contribution < -0.4 is 0 Å². The molecule has 0 saturated carbocycles. The smallest absolute Gasteiger partial charge is 0.0548 e. The van der Waals surface area contributed by atoms with Crippen LogP contribution in [0.25, 0.3) is 77.2 Å². The standard InChI is InChI=1S/C48H36N2/c1-47(2)37-17-9-5-13-31(37)33-23-21-29(27-39(33)47)49-41-19-11-7-15-35(41)45-43(49)25-26-44-46(45)36-16-8-12-20-42(36)50(44)30-22-24-34-32-14-6-10-18-38(32)48(3,4)40(34)28-30/h5-28H,1-4H3. The lowest BCUT2D eigenvalue weighted by Gasteiger charge is -2.22. The van der Waals surface area contributed by atoms with Gasteiger partial charge in [-0.15, -0.1) is 0 Å². The summed E-state index contributed by atoms with van der Waals surface area (Å²) in [5.41, 5.74) is 18.2. The number of fused-ring (bicyclic) bond motifs is 13. The number of nitrogens with zero attached hydrogens (tertiary/aromatic N) is 2. The van der Waals surface area contributed by atoms with Crippen LogP contribution in [0.4, 0.5) is 0 Å². The predicted molar refractivity (Wildman–Crippen MR) is 210 cm³/mol. The average Bonchev–Trinajstić information content (AvgIpc) is 3.80. The summed E-state index contributed by atoms with van der Waals surface area (Å²) in [6.07, 6.45) is 0. The predicted octanol–water partition coefficient (Wildman–Crippen LogP) is 12.5. The SMILES string of the molecule is CC1(C)c2ccccc2-c2ccc(-n3c4ccccc4c4c5c6ccccc6n(-c6ccc7c(c6)C(C)(C)c6ccccc6-7)c5ccc43)cc21. The summed E-state index contributed by atoms with van der Waals surface area (Å²) in [5.74, 6) is 0. The number of aromatic nitrogens is 2. The van der Waals surface area contributed by atoms with Crippen LogP contribution in [0.15, 0.2) is 146 Å². The molecule has 11 rings (SSSR count). The molecule has 50 heavy (non-hydrogen) atoms. The Morgan fingerprint density at radius 2 is 0.720 bits per heavy atom. The Balaban J connectivity index is 1.19. The fraction of sp³-hybridized carbons (Fsp3) is 0.125. The van der Waals surface area contributed by atoms with Crippen molar-refractivity contribution in [3.05, 3.63) is 168 Å². The minimum absolute atomic E-state index is 0.0623. The van der Waals surface area contributed by atoms with Crippen LogP contribution >= 0.6 is 0 Å². The van der Waals surface area contributed by atoms with Crippen LogP contribution in [0, 0.1) is 0 Å². The van der Waals surface area contributed by atoms with E-state index in [2.05, 4.69) is 182 Å². The molecular weight excluding hydrogens is 605 g/mol. The van der Waals surface area contributed by atoms with E-state index >= 15 is 0 Å². The van der Waals surface area contributed by atoms with Crippen LogP contribution in [0.3, 0.4) is 0 Å². The maximum Gasteiger partial charge on any atom is 0.0548 e. The first kappa shape index (κ1) is 28.0. The lowest BCUT2D eigenvalue weighted by atomic mass is 9.82. The quantitative estimate of drug-likeness (QED) is 0.178.